The predicted molar refractivity (Wildman–Crippen MR) is 137 cm³/mol. The molecule has 0 fully saturated rings. The number of halogens is 3. The van der Waals surface area contributed by atoms with Crippen molar-refractivity contribution in [1.29, 1.82) is 0 Å². The number of benzene rings is 2. The second-order valence-corrected chi connectivity index (χ2v) is 15.1. The summed E-state index contributed by atoms with van der Waals surface area (Å²) in [6.45, 7) is 10.7. The minimum atomic E-state index is -4.64. The molecule has 10 heteroatoms. The van der Waals surface area contributed by atoms with Gasteiger partial charge in [0.15, 0.2) is 8.32 Å². The fourth-order valence-electron chi connectivity index (χ4n) is 3.87. The first-order valence-electron chi connectivity index (χ1n) is 11.6. The fourth-order valence-corrected chi connectivity index (χ4v) is 4.90. The van der Waals surface area contributed by atoms with E-state index in [9.17, 15) is 22.8 Å². The molecule has 0 aliphatic heterocycles. The molecule has 4 rings (SSSR count). The molecule has 0 saturated heterocycles. The summed E-state index contributed by atoms with van der Waals surface area (Å²) in [4.78, 5) is 31.4. The molecule has 2 heterocycles. The Morgan fingerprint density at radius 2 is 1.67 bits per heavy atom. The lowest BCUT2D eigenvalue weighted by Crippen LogP contribution is -2.43. The average Bonchev–Trinajstić information content (AvgIpc) is 2.80. The van der Waals surface area contributed by atoms with Crippen LogP contribution >= 0.6 is 0 Å². The lowest BCUT2D eigenvalue weighted by atomic mass is 10.1. The zero-order chi connectivity index (χ0) is 26.5. The second kappa shape index (κ2) is 9.01. The second-order valence-electron chi connectivity index (χ2n) is 10.3. The van der Waals surface area contributed by atoms with E-state index in [-0.39, 0.29) is 34.8 Å². The number of pyridine rings is 1. The highest BCUT2D eigenvalue weighted by atomic mass is 28.4. The maximum Gasteiger partial charge on any atom is 0.416 e. The predicted octanol–water partition coefficient (Wildman–Crippen LogP) is 5.74. The van der Waals surface area contributed by atoms with Gasteiger partial charge in [0, 0.05) is 23.5 Å². The molecule has 6 nitrogen and oxygen atoms in total. The van der Waals surface area contributed by atoms with Gasteiger partial charge in [0.2, 0.25) is 0 Å². The maximum absolute atomic E-state index is 13.7. The van der Waals surface area contributed by atoms with Crippen LogP contribution in [0.5, 0.6) is 0 Å². The highest BCUT2D eigenvalue weighted by molar-refractivity contribution is 6.74. The maximum atomic E-state index is 13.7. The van der Waals surface area contributed by atoms with Crippen LogP contribution in [0.25, 0.3) is 27.4 Å². The Hall–Kier alpha value is -3.24. The van der Waals surface area contributed by atoms with E-state index < -0.39 is 31.3 Å². The van der Waals surface area contributed by atoms with Crippen LogP contribution in [-0.2, 0) is 17.1 Å². The summed E-state index contributed by atoms with van der Waals surface area (Å²) in [6.07, 6.45) is -1.67. The van der Waals surface area contributed by atoms with E-state index >= 15 is 0 Å². The molecule has 4 aromatic rings. The summed E-state index contributed by atoms with van der Waals surface area (Å²) >= 11 is 0. The molecule has 36 heavy (non-hydrogen) atoms. The van der Waals surface area contributed by atoms with Crippen molar-refractivity contribution in [2.24, 2.45) is 0 Å². The van der Waals surface area contributed by atoms with Crippen molar-refractivity contribution in [3.05, 3.63) is 81.3 Å². The third kappa shape index (κ3) is 4.62. The monoisotopic (exact) mass is 515 g/mol. The molecule has 0 aliphatic rings. The van der Waals surface area contributed by atoms with E-state index in [1.807, 2.05) is 0 Å². The molecule has 0 spiro atoms. The van der Waals surface area contributed by atoms with Gasteiger partial charge in [-0.15, -0.1) is 0 Å². The van der Waals surface area contributed by atoms with Gasteiger partial charge in [-0.2, -0.15) is 13.2 Å². The van der Waals surface area contributed by atoms with E-state index in [0.29, 0.717) is 10.8 Å². The van der Waals surface area contributed by atoms with Crippen LogP contribution in [0.2, 0.25) is 18.1 Å². The van der Waals surface area contributed by atoms with E-state index in [0.717, 1.165) is 16.7 Å². The van der Waals surface area contributed by atoms with Gasteiger partial charge in [0.1, 0.15) is 0 Å². The van der Waals surface area contributed by atoms with Gasteiger partial charge in [0.05, 0.1) is 35.0 Å². The van der Waals surface area contributed by atoms with Gasteiger partial charge < -0.3 is 4.43 Å². The van der Waals surface area contributed by atoms with Crippen molar-refractivity contribution in [2.45, 2.75) is 51.6 Å². The molecular formula is C26H28F3N3O3Si. The van der Waals surface area contributed by atoms with Gasteiger partial charge in [-0.1, -0.05) is 45.0 Å². The number of aromatic nitrogens is 3. The van der Waals surface area contributed by atoms with Crippen molar-refractivity contribution >= 4 is 30.0 Å². The van der Waals surface area contributed by atoms with Crippen LogP contribution < -0.4 is 11.2 Å². The third-order valence-corrected chi connectivity index (χ3v) is 11.5. The van der Waals surface area contributed by atoms with Crippen LogP contribution in [0.3, 0.4) is 0 Å². The van der Waals surface area contributed by atoms with Crippen LogP contribution in [-0.4, -0.2) is 29.0 Å². The molecule has 0 bridgehead atoms. The minimum absolute atomic E-state index is 0.0605. The zero-order valence-electron chi connectivity index (χ0n) is 20.8. The first-order valence-corrected chi connectivity index (χ1v) is 14.5. The number of hydrogen-bond acceptors (Lipinski definition) is 4. The molecule has 190 valence electrons. The zero-order valence-corrected chi connectivity index (χ0v) is 21.8. The number of fused-ring (bicyclic) bond motifs is 2. The summed E-state index contributed by atoms with van der Waals surface area (Å²) in [5.41, 5.74) is -2.12. The molecule has 0 radical (unpaired) electrons. The quantitative estimate of drug-likeness (QED) is 0.318. The Kier molecular flexibility index (Phi) is 6.46. The van der Waals surface area contributed by atoms with Crippen LogP contribution in [0.15, 0.2) is 64.4 Å². The molecule has 0 unspecified atom stereocenters. The van der Waals surface area contributed by atoms with Crippen LogP contribution in [0.4, 0.5) is 13.2 Å². The van der Waals surface area contributed by atoms with Crippen molar-refractivity contribution in [2.75, 3.05) is 6.61 Å². The van der Waals surface area contributed by atoms with Gasteiger partial charge in [-0.05, 0) is 36.3 Å². The Morgan fingerprint density at radius 3 is 2.33 bits per heavy atom. The Balaban J connectivity index is 1.96. The smallest absolute Gasteiger partial charge is 0.415 e. The molecule has 0 N–H and O–H groups in total. The van der Waals surface area contributed by atoms with Crippen molar-refractivity contribution in [3.8, 4) is 5.69 Å². The molecular weight excluding hydrogens is 487 g/mol. The molecule has 0 atom stereocenters. The Bertz CT molecular complexity index is 1560. The van der Waals surface area contributed by atoms with Gasteiger partial charge in [0.25, 0.3) is 5.56 Å². The average molecular weight is 516 g/mol. The molecule has 0 amide bonds. The lowest BCUT2D eigenvalue weighted by Gasteiger charge is -2.36. The minimum Gasteiger partial charge on any atom is -0.415 e. The van der Waals surface area contributed by atoms with Gasteiger partial charge in [-0.25, -0.2) is 9.36 Å². The SMILES string of the molecule is CC(C)(C)[Si](C)(C)OCCn1c(=O)n(-c2cncc3ccccc23)c(=O)c2cc(C(F)(F)F)ccc21. The van der Waals surface area contributed by atoms with Crippen molar-refractivity contribution in [3.63, 3.8) is 0 Å². The Morgan fingerprint density at radius 1 is 0.972 bits per heavy atom. The number of alkyl halides is 3. The van der Waals surface area contributed by atoms with Crippen LogP contribution in [0, 0.1) is 0 Å². The van der Waals surface area contributed by atoms with Gasteiger partial charge >= 0.3 is 11.9 Å². The number of rotatable bonds is 5. The standard InChI is InChI=1S/C26H28F3N3O3Si/c1-25(2,3)36(4,5)35-13-12-31-21-11-10-18(26(27,28)29)14-20(21)23(33)32(24(31)34)22-16-30-15-17-8-6-7-9-19(17)22/h6-11,14-16H,12-13H2,1-5H3. The van der Waals surface area contributed by atoms with Crippen molar-refractivity contribution in [1.82, 2.24) is 14.1 Å². The Labute approximate surface area is 207 Å². The molecule has 0 aliphatic carbocycles. The summed E-state index contributed by atoms with van der Waals surface area (Å²) in [5.74, 6) is 0. The number of hydrogen-bond donors (Lipinski definition) is 0. The van der Waals surface area contributed by atoms with Crippen LogP contribution in [0.1, 0.15) is 26.3 Å². The van der Waals surface area contributed by atoms with E-state index in [2.05, 4.69) is 38.8 Å². The molecule has 2 aromatic carbocycles. The topological polar surface area (TPSA) is 66.1 Å². The largest absolute Gasteiger partial charge is 0.416 e. The highest BCUT2D eigenvalue weighted by Gasteiger charge is 2.37. The first kappa shape index (κ1) is 25.8. The summed E-state index contributed by atoms with van der Waals surface area (Å²) in [5, 5.41) is 1.01. The van der Waals surface area contributed by atoms with E-state index in [1.165, 1.54) is 16.8 Å². The molecule has 2 aromatic heterocycles. The van der Waals surface area contributed by atoms with E-state index in [1.54, 1.807) is 30.5 Å². The number of nitrogens with zero attached hydrogens (tertiary/aromatic N) is 3. The normalized spacial score (nSPS) is 13.0. The highest BCUT2D eigenvalue weighted by Crippen LogP contribution is 2.36. The first-order chi connectivity index (χ1) is 16.7. The third-order valence-electron chi connectivity index (χ3n) is 6.94. The molecule has 0 saturated carbocycles. The lowest BCUT2D eigenvalue weighted by molar-refractivity contribution is -0.137. The van der Waals surface area contributed by atoms with Gasteiger partial charge in [-0.3, -0.25) is 14.3 Å². The summed E-state index contributed by atoms with van der Waals surface area (Å²) in [7, 11) is -2.14. The summed E-state index contributed by atoms with van der Waals surface area (Å²) in [6, 6.07) is 9.94. The van der Waals surface area contributed by atoms with E-state index in [4.69, 9.17) is 4.43 Å². The summed E-state index contributed by atoms with van der Waals surface area (Å²) < 4.78 is 48.9. The fraction of sp³-hybridized carbons (Fsp3) is 0.346. The van der Waals surface area contributed by atoms with Crippen molar-refractivity contribution < 1.29 is 17.6 Å².